The summed E-state index contributed by atoms with van der Waals surface area (Å²) in [6.45, 7) is 3.45. The number of rotatable bonds is 3. The Hall–Kier alpha value is -0.530. The van der Waals surface area contributed by atoms with Gasteiger partial charge in [0.2, 0.25) is 0 Å². The summed E-state index contributed by atoms with van der Waals surface area (Å²) >= 11 is 6.11. The van der Waals surface area contributed by atoms with E-state index in [1.165, 1.54) is 30.4 Å². The molecule has 1 aliphatic carbocycles. The molecule has 0 fully saturated rings. The predicted molar refractivity (Wildman–Crippen MR) is 70.2 cm³/mol. The minimum atomic E-state index is 0.676. The van der Waals surface area contributed by atoms with Gasteiger partial charge in [-0.15, -0.1) is 0 Å². The van der Waals surface area contributed by atoms with Gasteiger partial charge in [-0.1, -0.05) is 24.6 Å². The topological polar surface area (TPSA) is 12.0 Å². The average Bonchev–Trinajstić information content (AvgIpc) is 2.28. The van der Waals surface area contributed by atoms with Crippen LogP contribution in [0.2, 0.25) is 5.02 Å². The van der Waals surface area contributed by atoms with Crippen molar-refractivity contribution < 1.29 is 0 Å². The zero-order valence-electron chi connectivity index (χ0n) is 10.1. The van der Waals surface area contributed by atoms with Crippen LogP contribution < -0.4 is 5.32 Å². The van der Waals surface area contributed by atoms with Crippen molar-refractivity contribution in [2.75, 3.05) is 13.6 Å². The highest BCUT2D eigenvalue weighted by Gasteiger charge is 2.25. The highest BCUT2D eigenvalue weighted by atomic mass is 35.5. The number of halogens is 1. The first-order chi connectivity index (χ1) is 7.72. The van der Waals surface area contributed by atoms with Crippen LogP contribution in [0.3, 0.4) is 0 Å². The summed E-state index contributed by atoms with van der Waals surface area (Å²) in [5.41, 5.74) is 2.99. The lowest BCUT2D eigenvalue weighted by atomic mass is 9.74. The Morgan fingerprint density at radius 1 is 1.44 bits per heavy atom. The molecule has 2 atom stereocenters. The van der Waals surface area contributed by atoms with Crippen LogP contribution in [0.4, 0.5) is 0 Å². The molecule has 0 radical (unpaired) electrons. The lowest BCUT2D eigenvalue weighted by molar-refractivity contribution is 0.381. The van der Waals surface area contributed by atoms with Gasteiger partial charge in [-0.05, 0) is 68.0 Å². The van der Waals surface area contributed by atoms with Gasteiger partial charge in [-0.3, -0.25) is 0 Å². The van der Waals surface area contributed by atoms with Gasteiger partial charge in [0.05, 0.1) is 0 Å². The van der Waals surface area contributed by atoms with E-state index in [0.717, 1.165) is 17.5 Å². The minimum Gasteiger partial charge on any atom is -0.320 e. The zero-order chi connectivity index (χ0) is 11.5. The molecule has 0 saturated carbocycles. The van der Waals surface area contributed by atoms with Crippen LogP contribution in [0.25, 0.3) is 0 Å². The van der Waals surface area contributed by atoms with E-state index in [0.29, 0.717) is 5.92 Å². The fraction of sp³-hybridized carbons (Fsp3) is 0.571. The van der Waals surface area contributed by atoms with Crippen LogP contribution in [0.5, 0.6) is 0 Å². The molecule has 2 rings (SSSR count). The van der Waals surface area contributed by atoms with E-state index in [1.807, 2.05) is 13.1 Å². The van der Waals surface area contributed by atoms with Crippen LogP contribution in [0.1, 0.15) is 36.8 Å². The minimum absolute atomic E-state index is 0.676. The van der Waals surface area contributed by atoms with Gasteiger partial charge in [-0.25, -0.2) is 0 Å². The Labute approximate surface area is 103 Å². The first-order valence-corrected chi connectivity index (χ1v) is 6.53. The number of benzene rings is 1. The molecule has 0 aromatic heterocycles. The molecule has 16 heavy (non-hydrogen) atoms. The van der Waals surface area contributed by atoms with Crippen molar-refractivity contribution in [3.8, 4) is 0 Å². The number of hydrogen-bond acceptors (Lipinski definition) is 1. The van der Waals surface area contributed by atoms with Crippen molar-refractivity contribution in [3.05, 3.63) is 34.3 Å². The standard InChI is InChI=1S/C14H20ClN/c1-10-3-4-11-5-6-12(15)9-14(11)13(10)7-8-16-2/h5-6,9-10,13,16H,3-4,7-8H2,1-2H3. The number of aryl methyl sites for hydroxylation is 1. The maximum absolute atomic E-state index is 6.11. The zero-order valence-corrected chi connectivity index (χ0v) is 10.8. The summed E-state index contributed by atoms with van der Waals surface area (Å²) in [7, 11) is 2.02. The van der Waals surface area contributed by atoms with Crippen LogP contribution in [-0.4, -0.2) is 13.6 Å². The third-order valence-corrected chi connectivity index (χ3v) is 4.00. The Kier molecular flexibility index (Phi) is 3.88. The summed E-state index contributed by atoms with van der Waals surface area (Å²) in [6.07, 6.45) is 3.73. The summed E-state index contributed by atoms with van der Waals surface area (Å²) in [6, 6.07) is 6.40. The van der Waals surface area contributed by atoms with Crippen molar-refractivity contribution in [1.82, 2.24) is 5.32 Å². The fourth-order valence-corrected chi connectivity index (χ4v) is 2.95. The van der Waals surface area contributed by atoms with E-state index in [2.05, 4.69) is 24.4 Å². The van der Waals surface area contributed by atoms with E-state index in [1.54, 1.807) is 0 Å². The van der Waals surface area contributed by atoms with Gasteiger partial charge >= 0.3 is 0 Å². The maximum Gasteiger partial charge on any atom is 0.0409 e. The first-order valence-electron chi connectivity index (χ1n) is 6.15. The molecular formula is C14H20ClN. The molecule has 2 unspecified atom stereocenters. The third kappa shape index (κ3) is 2.41. The number of nitrogens with one attached hydrogen (secondary N) is 1. The second-order valence-electron chi connectivity index (χ2n) is 4.86. The molecule has 2 heteroatoms. The largest absolute Gasteiger partial charge is 0.320 e. The lowest BCUT2D eigenvalue weighted by Crippen LogP contribution is -2.22. The van der Waals surface area contributed by atoms with Crippen molar-refractivity contribution in [1.29, 1.82) is 0 Å². The molecular weight excluding hydrogens is 218 g/mol. The SMILES string of the molecule is CNCCC1c2cc(Cl)ccc2CCC1C. The first kappa shape index (κ1) is 11.9. The monoisotopic (exact) mass is 237 g/mol. The highest BCUT2D eigenvalue weighted by Crippen LogP contribution is 2.39. The molecule has 0 bridgehead atoms. The Morgan fingerprint density at radius 2 is 2.25 bits per heavy atom. The van der Waals surface area contributed by atoms with Crippen LogP contribution in [0.15, 0.2) is 18.2 Å². The Morgan fingerprint density at radius 3 is 3.00 bits per heavy atom. The third-order valence-electron chi connectivity index (χ3n) is 3.77. The molecule has 0 aliphatic heterocycles. The lowest BCUT2D eigenvalue weighted by Gasteiger charge is -2.31. The smallest absolute Gasteiger partial charge is 0.0409 e. The van der Waals surface area contributed by atoms with Gasteiger partial charge in [0.1, 0.15) is 0 Å². The van der Waals surface area contributed by atoms with Crippen molar-refractivity contribution in [2.24, 2.45) is 5.92 Å². The quantitative estimate of drug-likeness (QED) is 0.847. The van der Waals surface area contributed by atoms with Crippen molar-refractivity contribution in [3.63, 3.8) is 0 Å². The summed E-state index contributed by atoms with van der Waals surface area (Å²) < 4.78 is 0. The molecule has 1 aliphatic rings. The normalized spacial score (nSPS) is 24.2. The fourth-order valence-electron chi connectivity index (χ4n) is 2.77. The van der Waals surface area contributed by atoms with E-state index >= 15 is 0 Å². The van der Waals surface area contributed by atoms with Crippen LogP contribution in [0, 0.1) is 5.92 Å². The second-order valence-corrected chi connectivity index (χ2v) is 5.29. The highest BCUT2D eigenvalue weighted by molar-refractivity contribution is 6.30. The molecule has 0 spiro atoms. The number of hydrogen-bond donors (Lipinski definition) is 1. The summed E-state index contributed by atoms with van der Waals surface area (Å²) in [5.74, 6) is 1.45. The van der Waals surface area contributed by atoms with Crippen LogP contribution >= 0.6 is 11.6 Å². The van der Waals surface area contributed by atoms with E-state index in [9.17, 15) is 0 Å². The number of fused-ring (bicyclic) bond motifs is 1. The van der Waals surface area contributed by atoms with Gasteiger partial charge < -0.3 is 5.32 Å². The van der Waals surface area contributed by atoms with E-state index in [-0.39, 0.29) is 0 Å². The average molecular weight is 238 g/mol. The van der Waals surface area contributed by atoms with Gasteiger partial charge in [-0.2, -0.15) is 0 Å². The van der Waals surface area contributed by atoms with E-state index in [4.69, 9.17) is 11.6 Å². The van der Waals surface area contributed by atoms with Crippen molar-refractivity contribution in [2.45, 2.75) is 32.1 Å². The Bertz CT molecular complexity index is 362. The molecule has 0 amide bonds. The molecule has 1 aromatic rings. The van der Waals surface area contributed by atoms with E-state index < -0.39 is 0 Å². The summed E-state index contributed by atoms with van der Waals surface area (Å²) in [4.78, 5) is 0. The molecule has 1 N–H and O–H groups in total. The maximum atomic E-state index is 6.11. The molecule has 0 saturated heterocycles. The Balaban J connectivity index is 2.27. The van der Waals surface area contributed by atoms with Gasteiger partial charge in [0, 0.05) is 5.02 Å². The van der Waals surface area contributed by atoms with Gasteiger partial charge in [0.25, 0.3) is 0 Å². The second kappa shape index (κ2) is 5.20. The van der Waals surface area contributed by atoms with Gasteiger partial charge in [0.15, 0.2) is 0 Å². The molecule has 1 aromatic carbocycles. The molecule has 88 valence electrons. The van der Waals surface area contributed by atoms with Crippen LogP contribution in [-0.2, 0) is 6.42 Å². The molecule has 0 heterocycles. The molecule has 1 nitrogen and oxygen atoms in total. The predicted octanol–water partition coefficient (Wildman–Crippen LogP) is 3.62. The van der Waals surface area contributed by atoms with Crippen molar-refractivity contribution >= 4 is 11.6 Å². The summed E-state index contributed by atoms with van der Waals surface area (Å²) in [5, 5.41) is 4.13.